The van der Waals surface area contributed by atoms with Crippen molar-refractivity contribution in [2.24, 2.45) is 5.92 Å². The number of hydrogen-bond donors (Lipinski definition) is 1. The van der Waals surface area contributed by atoms with Gasteiger partial charge in [0, 0.05) is 17.0 Å². The number of nitro benzene ring substituents is 1. The summed E-state index contributed by atoms with van der Waals surface area (Å²) in [4.78, 5) is 10.9. The average Bonchev–Trinajstić information content (AvgIpc) is 3.10. The van der Waals surface area contributed by atoms with E-state index in [0.717, 1.165) is 23.2 Å². The number of rotatable bonds is 3. The van der Waals surface area contributed by atoms with Gasteiger partial charge in [-0.15, -0.1) is 0 Å². The fourth-order valence-corrected chi connectivity index (χ4v) is 4.04. The fourth-order valence-electron chi connectivity index (χ4n) is 3.92. The molecule has 3 atom stereocenters. The molecule has 2 aromatic rings. The van der Waals surface area contributed by atoms with E-state index in [1.54, 1.807) is 6.07 Å². The molecular weight excluding hydrogens is 340 g/mol. The van der Waals surface area contributed by atoms with Gasteiger partial charge in [0.2, 0.25) is 0 Å². The molecule has 25 heavy (non-hydrogen) atoms. The zero-order valence-electron chi connectivity index (χ0n) is 13.6. The van der Waals surface area contributed by atoms with Crippen LogP contribution in [0.2, 0.25) is 5.02 Å². The van der Waals surface area contributed by atoms with E-state index in [-0.39, 0.29) is 22.6 Å². The summed E-state index contributed by atoms with van der Waals surface area (Å²) in [6, 6.07) is 11.1. The molecule has 1 aliphatic heterocycles. The van der Waals surface area contributed by atoms with E-state index in [1.165, 1.54) is 13.2 Å². The maximum Gasteiger partial charge on any atom is 0.273 e. The Kier molecular flexibility index (Phi) is 3.88. The Bertz CT molecular complexity index is 864. The number of methoxy groups -OCH3 is 1. The molecule has 0 saturated heterocycles. The van der Waals surface area contributed by atoms with Crippen molar-refractivity contribution in [1.82, 2.24) is 0 Å². The van der Waals surface area contributed by atoms with Crippen molar-refractivity contribution in [3.8, 4) is 5.75 Å². The van der Waals surface area contributed by atoms with Gasteiger partial charge in [-0.25, -0.2) is 0 Å². The van der Waals surface area contributed by atoms with Crippen molar-refractivity contribution in [3.63, 3.8) is 0 Å². The second-order valence-corrected chi connectivity index (χ2v) is 6.83. The number of fused-ring (bicyclic) bond motifs is 3. The number of ether oxygens (including phenoxy) is 1. The third-order valence-corrected chi connectivity index (χ3v) is 5.33. The number of non-ortho nitro benzene ring substituents is 1. The topological polar surface area (TPSA) is 64.4 Å². The Labute approximate surface area is 150 Å². The highest BCUT2D eigenvalue weighted by atomic mass is 35.5. The summed E-state index contributed by atoms with van der Waals surface area (Å²) >= 11 is 6.02. The molecule has 0 bridgehead atoms. The lowest BCUT2D eigenvalue weighted by atomic mass is 9.76. The van der Waals surface area contributed by atoms with Crippen molar-refractivity contribution in [3.05, 3.63) is 74.8 Å². The Morgan fingerprint density at radius 2 is 2.04 bits per heavy atom. The summed E-state index contributed by atoms with van der Waals surface area (Å²) in [6.45, 7) is 0. The number of nitrogens with zero attached hydrogens (tertiary/aromatic N) is 1. The van der Waals surface area contributed by atoms with Gasteiger partial charge in [0.25, 0.3) is 5.69 Å². The van der Waals surface area contributed by atoms with Gasteiger partial charge in [0.05, 0.1) is 29.8 Å². The number of allylic oxidation sites excluding steroid dienone is 2. The van der Waals surface area contributed by atoms with E-state index in [9.17, 15) is 10.1 Å². The summed E-state index contributed by atoms with van der Waals surface area (Å²) in [5.74, 6) is 0.938. The molecule has 5 nitrogen and oxygen atoms in total. The third-order valence-electron chi connectivity index (χ3n) is 5.08. The van der Waals surface area contributed by atoms with E-state index >= 15 is 0 Å². The minimum absolute atomic E-state index is 0.0568. The lowest BCUT2D eigenvalue weighted by Gasteiger charge is -2.38. The van der Waals surface area contributed by atoms with E-state index in [2.05, 4.69) is 17.5 Å². The lowest BCUT2D eigenvalue weighted by Crippen LogP contribution is -2.29. The van der Waals surface area contributed by atoms with Crippen molar-refractivity contribution in [2.75, 3.05) is 12.4 Å². The largest absolute Gasteiger partial charge is 0.494 e. The molecule has 0 saturated carbocycles. The fraction of sp³-hybridized carbons (Fsp3) is 0.263. The molecule has 0 aromatic heterocycles. The van der Waals surface area contributed by atoms with E-state index in [4.69, 9.17) is 16.3 Å². The van der Waals surface area contributed by atoms with Crippen LogP contribution in [-0.4, -0.2) is 12.0 Å². The minimum Gasteiger partial charge on any atom is -0.494 e. The predicted molar refractivity (Wildman–Crippen MR) is 97.5 cm³/mol. The zero-order chi connectivity index (χ0) is 17.6. The van der Waals surface area contributed by atoms with Gasteiger partial charge >= 0.3 is 0 Å². The molecule has 2 aromatic carbocycles. The Balaban J connectivity index is 1.84. The van der Waals surface area contributed by atoms with Crippen molar-refractivity contribution in [2.45, 2.75) is 18.4 Å². The molecule has 1 heterocycles. The Morgan fingerprint density at radius 3 is 2.72 bits per heavy atom. The van der Waals surface area contributed by atoms with Gasteiger partial charge in [-0.05, 0) is 35.6 Å². The van der Waals surface area contributed by atoms with Gasteiger partial charge < -0.3 is 10.1 Å². The average molecular weight is 357 g/mol. The summed E-state index contributed by atoms with van der Waals surface area (Å²) in [6.07, 6.45) is 5.23. The lowest BCUT2D eigenvalue weighted by molar-refractivity contribution is -0.385. The van der Waals surface area contributed by atoms with Crippen LogP contribution in [-0.2, 0) is 0 Å². The maximum atomic E-state index is 11.3. The van der Waals surface area contributed by atoms with Crippen LogP contribution in [0.25, 0.3) is 0 Å². The van der Waals surface area contributed by atoms with Gasteiger partial charge in [0.15, 0.2) is 0 Å². The maximum absolute atomic E-state index is 11.3. The standard InChI is InChI=1S/C19H17ClN2O3/c1-25-17-10-13(22(23)24)9-16-14-3-2-4-15(14)18(21-19(16)17)11-5-7-12(20)8-6-11/h2-3,5-10,14-15,18,21H,4H2,1H3/t14-,15+,18+/m1/s1. The highest BCUT2D eigenvalue weighted by molar-refractivity contribution is 6.30. The molecule has 128 valence electrons. The second-order valence-electron chi connectivity index (χ2n) is 6.40. The third kappa shape index (κ3) is 2.65. The number of anilines is 1. The molecule has 1 N–H and O–H groups in total. The first-order valence-electron chi connectivity index (χ1n) is 8.13. The van der Waals surface area contributed by atoms with Crippen molar-refractivity contribution in [1.29, 1.82) is 0 Å². The molecule has 4 rings (SSSR count). The quantitative estimate of drug-likeness (QED) is 0.473. The number of hydrogen-bond acceptors (Lipinski definition) is 4. The van der Waals surface area contributed by atoms with Gasteiger partial charge in [-0.1, -0.05) is 35.9 Å². The van der Waals surface area contributed by atoms with Crippen molar-refractivity contribution >= 4 is 23.0 Å². The predicted octanol–water partition coefficient (Wildman–Crippen LogP) is 5.08. The summed E-state index contributed by atoms with van der Waals surface area (Å²) in [5, 5.41) is 15.5. The van der Waals surface area contributed by atoms with Crippen LogP contribution >= 0.6 is 11.6 Å². The van der Waals surface area contributed by atoms with Gasteiger partial charge in [-0.2, -0.15) is 0 Å². The van der Waals surface area contributed by atoms with Crippen LogP contribution in [0.3, 0.4) is 0 Å². The summed E-state index contributed by atoms with van der Waals surface area (Å²) in [7, 11) is 1.54. The molecular formula is C19H17ClN2O3. The normalized spacial score (nSPS) is 23.5. The highest BCUT2D eigenvalue weighted by Gasteiger charge is 2.40. The van der Waals surface area contributed by atoms with Crippen LogP contribution in [0.4, 0.5) is 11.4 Å². The molecule has 0 unspecified atom stereocenters. The molecule has 0 amide bonds. The Morgan fingerprint density at radius 1 is 1.28 bits per heavy atom. The SMILES string of the molecule is COc1cc([N+](=O)[O-])cc2c1N[C@@H](c1ccc(Cl)cc1)[C@H]1CC=C[C@@H]21. The highest BCUT2D eigenvalue weighted by Crippen LogP contribution is 2.53. The molecule has 0 spiro atoms. The van der Waals surface area contributed by atoms with Crippen LogP contribution in [0, 0.1) is 16.0 Å². The van der Waals surface area contributed by atoms with Crippen LogP contribution < -0.4 is 10.1 Å². The molecule has 6 heteroatoms. The molecule has 0 radical (unpaired) electrons. The van der Waals surface area contributed by atoms with E-state index < -0.39 is 0 Å². The smallest absolute Gasteiger partial charge is 0.273 e. The van der Waals surface area contributed by atoms with Crippen LogP contribution in [0.1, 0.15) is 29.5 Å². The summed E-state index contributed by atoms with van der Waals surface area (Å²) in [5.41, 5.74) is 2.96. The zero-order valence-corrected chi connectivity index (χ0v) is 14.4. The molecule has 2 aliphatic rings. The van der Waals surface area contributed by atoms with Gasteiger partial charge in [0.1, 0.15) is 5.75 Å². The number of benzene rings is 2. The van der Waals surface area contributed by atoms with E-state index in [0.29, 0.717) is 16.7 Å². The summed E-state index contributed by atoms with van der Waals surface area (Å²) < 4.78 is 5.44. The van der Waals surface area contributed by atoms with Crippen molar-refractivity contribution < 1.29 is 9.66 Å². The first-order chi connectivity index (χ1) is 12.1. The minimum atomic E-state index is -0.373. The second kappa shape index (κ2) is 6.08. The van der Waals surface area contributed by atoms with Crippen LogP contribution in [0.15, 0.2) is 48.6 Å². The Hall–Kier alpha value is -2.53. The number of nitrogens with one attached hydrogen (secondary N) is 1. The van der Waals surface area contributed by atoms with Gasteiger partial charge in [-0.3, -0.25) is 10.1 Å². The van der Waals surface area contributed by atoms with E-state index in [1.807, 2.05) is 24.3 Å². The number of nitro groups is 1. The molecule has 1 aliphatic carbocycles. The molecule has 0 fully saturated rings. The monoisotopic (exact) mass is 356 g/mol. The first-order valence-corrected chi connectivity index (χ1v) is 8.51. The van der Waals surface area contributed by atoms with Crippen LogP contribution in [0.5, 0.6) is 5.75 Å². The first kappa shape index (κ1) is 16.0. The number of halogens is 1.